The number of amides is 1. The smallest absolute Gasteiger partial charge is 0.248 e. The Balaban J connectivity index is 1.52. The minimum atomic E-state index is 0.0645. The van der Waals surface area contributed by atoms with Crippen molar-refractivity contribution in [1.29, 1.82) is 0 Å². The van der Waals surface area contributed by atoms with Gasteiger partial charge in [-0.25, -0.2) is 0 Å². The Morgan fingerprint density at radius 3 is 2.82 bits per heavy atom. The Bertz CT molecular complexity index is 491. The number of piperidine rings is 1. The molecule has 1 amide bonds. The SMILES string of the molecule is CCOCC(=O)N1CCC(c2nc(C3CCOC3)no2)CC1. The molecule has 2 fully saturated rings. The molecule has 3 rings (SSSR count). The van der Waals surface area contributed by atoms with Crippen LogP contribution in [0.5, 0.6) is 0 Å². The Morgan fingerprint density at radius 2 is 2.14 bits per heavy atom. The van der Waals surface area contributed by atoms with Gasteiger partial charge in [0.25, 0.3) is 0 Å². The number of nitrogens with zero attached hydrogens (tertiary/aromatic N) is 3. The second-order valence-corrected chi connectivity index (χ2v) is 5.84. The first kappa shape index (κ1) is 15.4. The van der Waals surface area contributed by atoms with E-state index in [1.165, 1.54) is 0 Å². The second kappa shape index (κ2) is 7.19. The van der Waals surface area contributed by atoms with Gasteiger partial charge in [0.2, 0.25) is 11.8 Å². The largest absolute Gasteiger partial charge is 0.381 e. The molecule has 22 heavy (non-hydrogen) atoms. The van der Waals surface area contributed by atoms with Crippen molar-refractivity contribution in [1.82, 2.24) is 15.0 Å². The van der Waals surface area contributed by atoms with Gasteiger partial charge in [0, 0.05) is 38.1 Å². The number of ether oxygens (including phenoxy) is 2. The summed E-state index contributed by atoms with van der Waals surface area (Å²) in [7, 11) is 0. The maximum absolute atomic E-state index is 11.9. The molecule has 0 bridgehead atoms. The summed E-state index contributed by atoms with van der Waals surface area (Å²) in [5.41, 5.74) is 0. The lowest BCUT2D eigenvalue weighted by Gasteiger charge is -2.30. The predicted molar refractivity (Wildman–Crippen MR) is 77.5 cm³/mol. The number of likely N-dealkylation sites (tertiary alicyclic amines) is 1. The summed E-state index contributed by atoms with van der Waals surface area (Å²) in [6.07, 6.45) is 2.69. The van der Waals surface area contributed by atoms with E-state index in [0.717, 1.165) is 44.8 Å². The van der Waals surface area contributed by atoms with Crippen molar-refractivity contribution in [3.63, 3.8) is 0 Å². The molecule has 0 aromatic carbocycles. The molecule has 1 aromatic rings. The van der Waals surface area contributed by atoms with Crippen molar-refractivity contribution in [2.75, 3.05) is 39.5 Å². The highest BCUT2D eigenvalue weighted by Crippen LogP contribution is 2.29. The van der Waals surface area contributed by atoms with Gasteiger partial charge in [-0.2, -0.15) is 4.98 Å². The van der Waals surface area contributed by atoms with E-state index < -0.39 is 0 Å². The first-order valence-corrected chi connectivity index (χ1v) is 8.04. The van der Waals surface area contributed by atoms with Crippen molar-refractivity contribution in [3.05, 3.63) is 11.7 Å². The molecular weight excluding hydrogens is 286 g/mol. The highest BCUT2D eigenvalue weighted by Gasteiger charge is 2.29. The van der Waals surface area contributed by atoms with Crippen LogP contribution in [0.3, 0.4) is 0 Å². The van der Waals surface area contributed by atoms with Crippen LogP contribution in [0.4, 0.5) is 0 Å². The highest BCUT2D eigenvalue weighted by molar-refractivity contribution is 5.77. The maximum Gasteiger partial charge on any atom is 0.248 e. The lowest BCUT2D eigenvalue weighted by Crippen LogP contribution is -2.40. The van der Waals surface area contributed by atoms with E-state index in [9.17, 15) is 4.79 Å². The lowest BCUT2D eigenvalue weighted by molar-refractivity contribution is -0.137. The van der Waals surface area contributed by atoms with E-state index in [0.29, 0.717) is 19.1 Å². The van der Waals surface area contributed by atoms with Crippen molar-refractivity contribution in [3.8, 4) is 0 Å². The number of carbonyl (C=O) groups excluding carboxylic acids is 1. The second-order valence-electron chi connectivity index (χ2n) is 5.84. The lowest BCUT2D eigenvalue weighted by atomic mass is 9.96. The molecule has 1 atom stereocenters. The van der Waals surface area contributed by atoms with Crippen molar-refractivity contribution in [2.45, 2.75) is 38.0 Å². The third kappa shape index (κ3) is 3.47. The first-order valence-electron chi connectivity index (χ1n) is 8.04. The van der Waals surface area contributed by atoms with Gasteiger partial charge in [-0.15, -0.1) is 0 Å². The van der Waals surface area contributed by atoms with Gasteiger partial charge in [-0.3, -0.25) is 4.79 Å². The molecule has 122 valence electrons. The zero-order valence-electron chi connectivity index (χ0n) is 13.0. The molecule has 0 spiro atoms. The Morgan fingerprint density at radius 1 is 1.32 bits per heavy atom. The van der Waals surface area contributed by atoms with E-state index >= 15 is 0 Å². The average Bonchev–Trinajstić information content (AvgIpc) is 3.23. The molecule has 1 unspecified atom stereocenters. The topological polar surface area (TPSA) is 77.7 Å². The molecule has 2 saturated heterocycles. The molecule has 0 saturated carbocycles. The Hall–Kier alpha value is -1.47. The van der Waals surface area contributed by atoms with E-state index in [1.807, 2.05) is 11.8 Å². The Kier molecular flexibility index (Phi) is 5.04. The minimum absolute atomic E-state index is 0.0645. The number of rotatable bonds is 5. The third-order valence-electron chi connectivity index (χ3n) is 4.38. The van der Waals surface area contributed by atoms with Gasteiger partial charge < -0.3 is 18.9 Å². The van der Waals surface area contributed by atoms with Crippen LogP contribution >= 0.6 is 0 Å². The molecular formula is C15H23N3O4. The predicted octanol–water partition coefficient (Wildman–Crippen LogP) is 1.32. The number of hydrogen-bond acceptors (Lipinski definition) is 6. The van der Waals surface area contributed by atoms with E-state index in [4.69, 9.17) is 14.0 Å². The van der Waals surface area contributed by atoms with Gasteiger partial charge in [-0.05, 0) is 26.2 Å². The van der Waals surface area contributed by atoms with E-state index in [1.54, 1.807) is 0 Å². The fraction of sp³-hybridized carbons (Fsp3) is 0.800. The molecule has 3 heterocycles. The Labute approximate surface area is 129 Å². The minimum Gasteiger partial charge on any atom is -0.381 e. The van der Waals surface area contributed by atoms with Gasteiger partial charge in [0.1, 0.15) is 6.61 Å². The average molecular weight is 309 g/mol. The van der Waals surface area contributed by atoms with Crippen LogP contribution in [0.1, 0.15) is 49.7 Å². The number of hydrogen-bond donors (Lipinski definition) is 0. The summed E-state index contributed by atoms with van der Waals surface area (Å²) in [5.74, 6) is 2.06. The van der Waals surface area contributed by atoms with E-state index in [2.05, 4.69) is 10.1 Å². The van der Waals surface area contributed by atoms with Crippen LogP contribution in [0, 0.1) is 0 Å². The van der Waals surface area contributed by atoms with Gasteiger partial charge in [0.15, 0.2) is 5.82 Å². The van der Waals surface area contributed by atoms with Crippen LogP contribution in [0.15, 0.2) is 4.52 Å². The number of aromatic nitrogens is 2. The van der Waals surface area contributed by atoms with Gasteiger partial charge in [0.05, 0.1) is 6.61 Å². The zero-order chi connectivity index (χ0) is 15.4. The molecule has 1 aromatic heterocycles. The van der Waals surface area contributed by atoms with Crippen molar-refractivity contribution in [2.24, 2.45) is 0 Å². The van der Waals surface area contributed by atoms with Crippen LogP contribution in [0.2, 0.25) is 0 Å². The fourth-order valence-electron chi connectivity index (χ4n) is 2.97. The molecule has 2 aliphatic rings. The van der Waals surface area contributed by atoms with Gasteiger partial charge >= 0.3 is 0 Å². The molecule has 0 radical (unpaired) electrons. The van der Waals surface area contributed by atoms with Crippen LogP contribution < -0.4 is 0 Å². The summed E-state index contributed by atoms with van der Waals surface area (Å²) < 4.78 is 16.0. The summed E-state index contributed by atoms with van der Waals surface area (Å²) in [4.78, 5) is 18.3. The summed E-state index contributed by atoms with van der Waals surface area (Å²) in [5, 5.41) is 4.10. The third-order valence-corrected chi connectivity index (χ3v) is 4.38. The summed E-state index contributed by atoms with van der Waals surface area (Å²) in [6.45, 7) is 5.54. The standard InChI is InChI=1S/C15H23N3O4/c1-2-20-10-13(19)18-6-3-11(4-7-18)15-16-14(17-22-15)12-5-8-21-9-12/h11-12H,2-10H2,1H3. The normalized spacial score (nSPS) is 23.1. The van der Waals surface area contributed by atoms with Crippen LogP contribution in [-0.2, 0) is 14.3 Å². The maximum atomic E-state index is 11.9. The molecule has 0 N–H and O–H groups in total. The van der Waals surface area contributed by atoms with E-state index in [-0.39, 0.29) is 24.3 Å². The van der Waals surface area contributed by atoms with Crippen molar-refractivity contribution < 1.29 is 18.8 Å². The fourth-order valence-corrected chi connectivity index (χ4v) is 2.97. The van der Waals surface area contributed by atoms with Crippen molar-refractivity contribution >= 4 is 5.91 Å². The highest BCUT2D eigenvalue weighted by atomic mass is 16.5. The summed E-state index contributed by atoms with van der Waals surface area (Å²) in [6, 6.07) is 0. The molecule has 2 aliphatic heterocycles. The molecule has 7 heteroatoms. The molecule has 0 aliphatic carbocycles. The zero-order valence-corrected chi connectivity index (χ0v) is 13.0. The summed E-state index contributed by atoms with van der Waals surface area (Å²) >= 11 is 0. The van der Waals surface area contributed by atoms with Crippen LogP contribution in [0.25, 0.3) is 0 Å². The van der Waals surface area contributed by atoms with Gasteiger partial charge in [-0.1, -0.05) is 5.16 Å². The quantitative estimate of drug-likeness (QED) is 0.816. The first-order chi connectivity index (χ1) is 10.8. The molecule has 7 nitrogen and oxygen atoms in total. The monoisotopic (exact) mass is 309 g/mol. The number of carbonyl (C=O) groups is 1. The van der Waals surface area contributed by atoms with Crippen LogP contribution in [-0.4, -0.2) is 60.5 Å².